The molecule has 0 atom stereocenters. The quantitative estimate of drug-likeness (QED) is 0.457. The number of para-hydroxylation sites is 1. The number of methoxy groups -OCH3 is 1. The molecule has 4 rings (SSSR count). The van der Waals surface area contributed by atoms with Crippen LogP contribution in [0.15, 0.2) is 71.6 Å². The highest BCUT2D eigenvalue weighted by Crippen LogP contribution is 2.34. The lowest BCUT2D eigenvalue weighted by molar-refractivity contribution is 0.0731. The first kappa shape index (κ1) is 19.9. The van der Waals surface area contributed by atoms with Crippen LogP contribution in [-0.4, -0.2) is 28.0 Å². The summed E-state index contributed by atoms with van der Waals surface area (Å²) >= 11 is 0. The normalized spacial score (nSPS) is 13.1. The number of fused-ring (bicyclic) bond motifs is 1. The molecule has 1 aliphatic heterocycles. The van der Waals surface area contributed by atoms with Crippen LogP contribution in [-0.2, 0) is 16.4 Å². The molecule has 0 saturated heterocycles. The Morgan fingerprint density at radius 2 is 1.77 bits per heavy atom. The van der Waals surface area contributed by atoms with Crippen LogP contribution in [0.2, 0.25) is 0 Å². The molecule has 0 bridgehead atoms. The van der Waals surface area contributed by atoms with Crippen LogP contribution in [0.5, 0.6) is 11.5 Å². The van der Waals surface area contributed by atoms with Crippen molar-refractivity contribution in [1.29, 1.82) is 0 Å². The SMILES string of the molecule is COc1ccc(S(=O)(=O)N2CCc3ccccc32)cc1C(=O)Oc1ccc(F)cc1. The molecule has 8 heteroatoms. The van der Waals surface area contributed by atoms with Crippen molar-refractivity contribution in [3.05, 3.63) is 83.7 Å². The fourth-order valence-electron chi connectivity index (χ4n) is 3.36. The summed E-state index contributed by atoms with van der Waals surface area (Å²) in [5.74, 6) is -0.975. The average Bonchev–Trinajstić information content (AvgIpc) is 3.20. The van der Waals surface area contributed by atoms with E-state index < -0.39 is 21.8 Å². The molecular formula is C22H18FNO5S. The zero-order chi connectivity index (χ0) is 21.3. The van der Waals surface area contributed by atoms with Gasteiger partial charge in [0.2, 0.25) is 0 Å². The number of carbonyl (C=O) groups excluding carboxylic acids is 1. The number of sulfonamides is 1. The summed E-state index contributed by atoms with van der Waals surface area (Å²) in [7, 11) is -2.52. The summed E-state index contributed by atoms with van der Waals surface area (Å²) in [6.45, 7) is 0.322. The number of anilines is 1. The van der Waals surface area contributed by atoms with E-state index in [1.54, 1.807) is 12.1 Å². The van der Waals surface area contributed by atoms with Crippen LogP contribution in [0, 0.1) is 5.82 Å². The first-order chi connectivity index (χ1) is 14.4. The summed E-state index contributed by atoms with van der Waals surface area (Å²) in [5.41, 5.74) is 1.53. The van der Waals surface area contributed by atoms with Crippen LogP contribution < -0.4 is 13.8 Å². The van der Waals surface area contributed by atoms with Crippen LogP contribution in [0.25, 0.3) is 0 Å². The molecular weight excluding hydrogens is 409 g/mol. The summed E-state index contributed by atoms with van der Waals surface area (Å²) in [4.78, 5) is 12.6. The lowest BCUT2D eigenvalue weighted by atomic mass is 10.2. The highest BCUT2D eigenvalue weighted by atomic mass is 32.2. The van der Waals surface area contributed by atoms with Gasteiger partial charge in [-0.2, -0.15) is 0 Å². The number of esters is 1. The molecule has 3 aromatic carbocycles. The number of carbonyl (C=O) groups is 1. The van der Waals surface area contributed by atoms with E-state index in [1.165, 1.54) is 41.7 Å². The number of rotatable bonds is 5. The predicted molar refractivity (Wildman–Crippen MR) is 109 cm³/mol. The van der Waals surface area contributed by atoms with Crippen molar-refractivity contribution in [3.63, 3.8) is 0 Å². The van der Waals surface area contributed by atoms with Gasteiger partial charge in [-0.15, -0.1) is 0 Å². The van der Waals surface area contributed by atoms with Crippen molar-refractivity contribution in [2.45, 2.75) is 11.3 Å². The summed E-state index contributed by atoms with van der Waals surface area (Å²) < 4.78 is 51.4. The standard InChI is InChI=1S/C22H18FNO5S/c1-28-21-11-10-18(14-19(21)22(25)29-17-8-6-16(23)7-9-17)30(26,27)24-13-12-15-4-2-3-5-20(15)24/h2-11,14H,12-13H2,1H3. The molecule has 6 nitrogen and oxygen atoms in total. The topological polar surface area (TPSA) is 72.9 Å². The van der Waals surface area contributed by atoms with E-state index in [0.717, 1.165) is 17.7 Å². The van der Waals surface area contributed by atoms with E-state index in [2.05, 4.69) is 0 Å². The molecule has 0 amide bonds. The first-order valence-corrected chi connectivity index (χ1v) is 10.6. The first-order valence-electron chi connectivity index (χ1n) is 9.16. The van der Waals surface area contributed by atoms with Gasteiger partial charge in [-0.05, 0) is 60.5 Å². The number of ether oxygens (including phenoxy) is 2. The Hall–Kier alpha value is -3.39. The minimum Gasteiger partial charge on any atom is -0.496 e. The number of nitrogens with zero attached hydrogens (tertiary/aromatic N) is 1. The van der Waals surface area contributed by atoms with Crippen molar-refractivity contribution in [1.82, 2.24) is 0 Å². The monoisotopic (exact) mass is 427 g/mol. The molecule has 30 heavy (non-hydrogen) atoms. The Morgan fingerprint density at radius 1 is 1.03 bits per heavy atom. The second-order valence-electron chi connectivity index (χ2n) is 6.66. The van der Waals surface area contributed by atoms with E-state index in [1.807, 2.05) is 12.1 Å². The average molecular weight is 427 g/mol. The molecule has 0 aromatic heterocycles. The van der Waals surface area contributed by atoms with E-state index in [0.29, 0.717) is 18.7 Å². The molecule has 3 aromatic rings. The highest BCUT2D eigenvalue weighted by Gasteiger charge is 2.31. The van der Waals surface area contributed by atoms with Crippen molar-refractivity contribution in [2.75, 3.05) is 18.0 Å². The van der Waals surface area contributed by atoms with Gasteiger partial charge in [-0.25, -0.2) is 17.6 Å². The number of benzene rings is 3. The van der Waals surface area contributed by atoms with Gasteiger partial charge in [0.1, 0.15) is 22.9 Å². The second-order valence-corrected chi connectivity index (χ2v) is 8.52. The maximum Gasteiger partial charge on any atom is 0.347 e. The third kappa shape index (κ3) is 3.61. The van der Waals surface area contributed by atoms with Gasteiger partial charge >= 0.3 is 5.97 Å². The minimum atomic E-state index is -3.89. The van der Waals surface area contributed by atoms with Crippen molar-refractivity contribution in [3.8, 4) is 11.5 Å². The van der Waals surface area contributed by atoms with Crippen LogP contribution in [0.4, 0.5) is 10.1 Å². The van der Waals surface area contributed by atoms with Gasteiger partial charge in [0.25, 0.3) is 10.0 Å². The molecule has 0 unspecified atom stereocenters. The van der Waals surface area contributed by atoms with Crippen LogP contribution in [0.1, 0.15) is 15.9 Å². The Bertz CT molecular complexity index is 1210. The fraction of sp³-hybridized carbons (Fsp3) is 0.136. The molecule has 154 valence electrons. The van der Waals surface area contributed by atoms with Crippen molar-refractivity contribution < 1.29 is 27.1 Å². The third-order valence-electron chi connectivity index (χ3n) is 4.85. The molecule has 1 heterocycles. The summed E-state index contributed by atoms with van der Waals surface area (Å²) in [6, 6.07) is 16.3. The molecule has 0 spiro atoms. The lowest BCUT2D eigenvalue weighted by Gasteiger charge is -2.20. The molecule has 0 N–H and O–H groups in total. The number of hydrogen-bond donors (Lipinski definition) is 0. The Morgan fingerprint density at radius 3 is 2.50 bits per heavy atom. The maximum absolute atomic E-state index is 13.3. The zero-order valence-corrected chi connectivity index (χ0v) is 16.9. The molecule has 0 saturated carbocycles. The van der Waals surface area contributed by atoms with Crippen LogP contribution >= 0.6 is 0 Å². The Balaban J connectivity index is 1.69. The van der Waals surface area contributed by atoms with E-state index in [9.17, 15) is 17.6 Å². The van der Waals surface area contributed by atoms with Gasteiger partial charge in [-0.1, -0.05) is 18.2 Å². The maximum atomic E-state index is 13.3. The number of halogens is 1. The zero-order valence-electron chi connectivity index (χ0n) is 16.0. The van der Waals surface area contributed by atoms with E-state index >= 15 is 0 Å². The van der Waals surface area contributed by atoms with Gasteiger partial charge in [0, 0.05) is 6.54 Å². The van der Waals surface area contributed by atoms with Crippen LogP contribution in [0.3, 0.4) is 0 Å². The largest absolute Gasteiger partial charge is 0.496 e. The van der Waals surface area contributed by atoms with Gasteiger partial charge in [0.05, 0.1) is 17.7 Å². The Labute approximate surface area is 173 Å². The minimum absolute atomic E-state index is 0.0459. The van der Waals surface area contributed by atoms with Gasteiger partial charge in [0.15, 0.2) is 0 Å². The smallest absolute Gasteiger partial charge is 0.347 e. The highest BCUT2D eigenvalue weighted by molar-refractivity contribution is 7.92. The second kappa shape index (κ2) is 7.79. The van der Waals surface area contributed by atoms with Gasteiger partial charge in [-0.3, -0.25) is 4.31 Å². The van der Waals surface area contributed by atoms with Crippen molar-refractivity contribution >= 4 is 21.7 Å². The van der Waals surface area contributed by atoms with E-state index in [-0.39, 0.29) is 22.0 Å². The Kier molecular flexibility index (Phi) is 5.17. The molecule has 1 aliphatic rings. The van der Waals surface area contributed by atoms with Gasteiger partial charge < -0.3 is 9.47 Å². The summed E-state index contributed by atoms with van der Waals surface area (Å²) in [6.07, 6.45) is 0.616. The third-order valence-corrected chi connectivity index (χ3v) is 6.66. The fourth-order valence-corrected chi connectivity index (χ4v) is 4.89. The lowest BCUT2D eigenvalue weighted by Crippen LogP contribution is -2.29. The predicted octanol–water partition coefficient (Wildman–Crippen LogP) is 3.80. The summed E-state index contributed by atoms with van der Waals surface area (Å²) in [5, 5.41) is 0. The van der Waals surface area contributed by atoms with E-state index in [4.69, 9.17) is 9.47 Å². The molecule has 0 radical (unpaired) electrons. The van der Waals surface area contributed by atoms with Crippen molar-refractivity contribution in [2.24, 2.45) is 0 Å². The number of hydrogen-bond acceptors (Lipinski definition) is 5. The molecule has 0 fully saturated rings. The molecule has 0 aliphatic carbocycles.